The molecular formula is C14H12BrN3O4S. The second-order valence-corrected chi connectivity index (χ2v) is 7.34. The lowest BCUT2D eigenvalue weighted by Gasteiger charge is -2.19. The molecule has 2 rings (SSSR count). The topological polar surface area (TPSA) is 99.5 Å². The van der Waals surface area contributed by atoms with Gasteiger partial charge in [0.1, 0.15) is 18.0 Å². The molecule has 0 fully saturated rings. The normalized spacial score (nSPS) is 14.0. The molecule has 1 N–H and O–H groups in total. The number of nitrogens with zero attached hydrogens (tertiary/aromatic N) is 2. The van der Waals surface area contributed by atoms with Crippen LogP contribution < -0.4 is 10.1 Å². The number of terminal acetylenes is 1. The van der Waals surface area contributed by atoms with Crippen LogP contribution in [-0.4, -0.2) is 44.9 Å². The number of benzene rings is 1. The average molecular weight is 398 g/mol. The number of halogens is 1. The van der Waals surface area contributed by atoms with Crippen molar-refractivity contribution in [3.63, 3.8) is 0 Å². The van der Waals surface area contributed by atoms with Crippen LogP contribution in [0.25, 0.3) is 0 Å². The van der Waals surface area contributed by atoms with Crippen molar-refractivity contribution in [3.8, 4) is 24.2 Å². The first-order valence-corrected chi connectivity index (χ1v) is 8.70. The van der Waals surface area contributed by atoms with Crippen molar-refractivity contribution >= 4 is 31.9 Å². The van der Waals surface area contributed by atoms with Gasteiger partial charge in [0, 0.05) is 4.47 Å². The van der Waals surface area contributed by atoms with Gasteiger partial charge in [-0.3, -0.25) is 4.79 Å². The largest absolute Gasteiger partial charge is 0.489 e. The van der Waals surface area contributed by atoms with Crippen molar-refractivity contribution in [1.29, 1.82) is 5.26 Å². The van der Waals surface area contributed by atoms with Gasteiger partial charge in [0.25, 0.3) is 5.91 Å². The number of sulfonamides is 1. The number of nitriles is 1. The molecule has 9 heteroatoms. The molecule has 23 heavy (non-hydrogen) atoms. The summed E-state index contributed by atoms with van der Waals surface area (Å²) in [6.45, 7) is -0.267. The van der Waals surface area contributed by atoms with E-state index in [1.165, 1.54) is 12.1 Å². The molecule has 0 spiro atoms. The smallest absolute Gasteiger partial charge is 0.255 e. The number of amides is 1. The fourth-order valence-electron chi connectivity index (χ4n) is 2.04. The van der Waals surface area contributed by atoms with E-state index in [1.807, 2.05) is 0 Å². The summed E-state index contributed by atoms with van der Waals surface area (Å²) < 4.78 is 32.3. The lowest BCUT2D eigenvalue weighted by molar-refractivity contribution is 0.0957. The van der Waals surface area contributed by atoms with Crippen LogP contribution in [0.5, 0.6) is 5.75 Å². The number of nitrogens with one attached hydrogen (secondary N) is 1. The first kappa shape index (κ1) is 17.3. The maximum Gasteiger partial charge on any atom is 0.255 e. The number of ether oxygens (including phenoxy) is 1. The fraction of sp³-hybridized carbons (Fsp3) is 0.286. The molecule has 0 radical (unpaired) electrons. The van der Waals surface area contributed by atoms with Crippen LogP contribution >= 0.6 is 15.9 Å². The summed E-state index contributed by atoms with van der Waals surface area (Å²) in [5.74, 6) is 1.74. The Bertz CT molecular complexity index is 808. The van der Waals surface area contributed by atoms with E-state index >= 15 is 0 Å². The first-order valence-electron chi connectivity index (χ1n) is 6.47. The Kier molecular flexibility index (Phi) is 5.26. The van der Waals surface area contributed by atoms with Gasteiger partial charge in [0.15, 0.2) is 5.75 Å². The molecule has 1 aromatic rings. The van der Waals surface area contributed by atoms with E-state index in [0.29, 0.717) is 4.47 Å². The Hall–Kier alpha value is -2.07. The Labute approximate surface area is 142 Å². The zero-order valence-electron chi connectivity index (χ0n) is 11.9. The highest BCUT2D eigenvalue weighted by atomic mass is 79.9. The molecule has 0 aromatic heterocycles. The monoisotopic (exact) mass is 397 g/mol. The van der Waals surface area contributed by atoms with Crippen LogP contribution in [0.3, 0.4) is 0 Å². The number of fused-ring (bicyclic) bond motifs is 1. The third kappa shape index (κ3) is 3.48. The van der Waals surface area contributed by atoms with Gasteiger partial charge in [0.2, 0.25) is 10.0 Å². The van der Waals surface area contributed by atoms with Crippen molar-refractivity contribution in [2.75, 3.05) is 26.2 Å². The number of hydrogen-bond donors (Lipinski definition) is 1. The van der Waals surface area contributed by atoms with Gasteiger partial charge < -0.3 is 10.1 Å². The van der Waals surface area contributed by atoms with Crippen LogP contribution in [0, 0.1) is 23.7 Å². The summed E-state index contributed by atoms with van der Waals surface area (Å²) >= 11 is 3.19. The van der Waals surface area contributed by atoms with Gasteiger partial charge in [-0.2, -0.15) is 9.57 Å². The van der Waals surface area contributed by atoms with E-state index in [1.54, 1.807) is 6.07 Å². The van der Waals surface area contributed by atoms with Gasteiger partial charge in [-0.15, -0.1) is 6.42 Å². The third-order valence-corrected chi connectivity index (χ3v) is 5.29. The number of hydrogen-bond acceptors (Lipinski definition) is 5. The maximum absolute atomic E-state index is 12.8. The molecule has 0 saturated carbocycles. The molecule has 0 unspecified atom stereocenters. The van der Waals surface area contributed by atoms with E-state index in [-0.39, 0.29) is 35.9 Å². The van der Waals surface area contributed by atoms with Gasteiger partial charge in [-0.1, -0.05) is 21.9 Å². The molecule has 0 saturated heterocycles. The molecule has 1 aliphatic rings. The minimum atomic E-state index is -4.10. The lowest BCUT2D eigenvalue weighted by atomic mass is 10.2. The first-order chi connectivity index (χ1) is 10.9. The highest BCUT2D eigenvalue weighted by Crippen LogP contribution is 2.34. The summed E-state index contributed by atoms with van der Waals surface area (Å²) in [5.41, 5.74) is 0.105. The molecule has 1 aliphatic heterocycles. The van der Waals surface area contributed by atoms with E-state index < -0.39 is 22.5 Å². The average Bonchev–Trinajstić information content (AvgIpc) is 2.68. The standard InChI is InChI=1S/C14H12BrN3O4S/c1-2-5-18(6-3-16)23(20,21)12-9-10(15)8-11-13(12)22-7-4-17-14(11)19/h1,8-9H,4-7H2,(H,17,19). The highest BCUT2D eigenvalue weighted by Gasteiger charge is 2.31. The van der Waals surface area contributed by atoms with E-state index in [9.17, 15) is 13.2 Å². The van der Waals surface area contributed by atoms with E-state index in [4.69, 9.17) is 16.4 Å². The van der Waals surface area contributed by atoms with Crippen molar-refractivity contribution < 1.29 is 17.9 Å². The summed E-state index contributed by atoms with van der Waals surface area (Å²) in [7, 11) is -4.10. The maximum atomic E-state index is 12.8. The van der Waals surface area contributed by atoms with Crippen LogP contribution in [-0.2, 0) is 10.0 Å². The van der Waals surface area contributed by atoms with Crippen LogP contribution in [0.1, 0.15) is 10.4 Å². The van der Waals surface area contributed by atoms with Gasteiger partial charge in [-0.25, -0.2) is 8.42 Å². The van der Waals surface area contributed by atoms with E-state index in [2.05, 4.69) is 27.2 Å². The molecule has 0 aliphatic carbocycles. The van der Waals surface area contributed by atoms with Crippen LogP contribution in [0.15, 0.2) is 21.5 Å². The molecule has 1 amide bonds. The minimum Gasteiger partial charge on any atom is -0.489 e. The predicted octanol–water partition coefficient (Wildman–Crippen LogP) is 0.719. The Morgan fingerprint density at radius 1 is 1.43 bits per heavy atom. The number of carbonyl (C=O) groups is 1. The molecular weight excluding hydrogens is 386 g/mol. The van der Waals surface area contributed by atoms with Gasteiger partial charge in [0.05, 0.1) is 24.7 Å². The molecule has 120 valence electrons. The molecule has 0 bridgehead atoms. The Morgan fingerprint density at radius 3 is 2.83 bits per heavy atom. The summed E-state index contributed by atoms with van der Waals surface area (Å²) in [6.07, 6.45) is 5.18. The zero-order valence-corrected chi connectivity index (χ0v) is 14.3. The minimum absolute atomic E-state index is 0.0387. The molecule has 1 aromatic carbocycles. The van der Waals surface area contributed by atoms with Crippen LogP contribution in [0.4, 0.5) is 0 Å². The third-order valence-electron chi connectivity index (χ3n) is 3.03. The van der Waals surface area contributed by atoms with Gasteiger partial charge >= 0.3 is 0 Å². The Balaban J connectivity index is 2.65. The van der Waals surface area contributed by atoms with Crippen molar-refractivity contribution in [3.05, 3.63) is 22.2 Å². The fourth-order valence-corrected chi connectivity index (χ4v) is 4.08. The second-order valence-electron chi connectivity index (χ2n) is 4.52. The Morgan fingerprint density at radius 2 is 2.17 bits per heavy atom. The second kappa shape index (κ2) is 7.01. The van der Waals surface area contributed by atoms with E-state index in [0.717, 1.165) is 4.31 Å². The van der Waals surface area contributed by atoms with Crippen LogP contribution in [0.2, 0.25) is 0 Å². The SMILES string of the molecule is C#CCN(CC#N)S(=O)(=O)c1cc(Br)cc2c1OCCNC2=O. The number of rotatable bonds is 4. The van der Waals surface area contributed by atoms with Crippen molar-refractivity contribution in [2.24, 2.45) is 0 Å². The quantitative estimate of drug-likeness (QED) is 0.595. The molecule has 7 nitrogen and oxygen atoms in total. The molecule has 1 heterocycles. The van der Waals surface area contributed by atoms with Crippen molar-refractivity contribution in [2.45, 2.75) is 4.90 Å². The summed E-state index contributed by atoms with van der Waals surface area (Å²) in [5, 5.41) is 11.4. The lowest BCUT2D eigenvalue weighted by Crippen LogP contribution is -2.32. The molecule has 0 atom stereocenters. The number of carbonyl (C=O) groups excluding carboxylic acids is 1. The zero-order chi connectivity index (χ0) is 17.0. The van der Waals surface area contributed by atoms with Crippen molar-refractivity contribution in [1.82, 2.24) is 9.62 Å². The van der Waals surface area contributed by atoms with Gasteiger partial charge in [-0.05, 0) is 12.1 Å². The predicted molar refractivity (Wildman–Crippen MR) is 85.2 cm³/mol. The highest BCUT2D eigenvalue weighted by molar-refractivity contribution is 9.10. The summed E-state index contributed by atoms with van der Waals surface area (Å²) in [6, 6.07) is 4.57. The summed E-state index contributed by atoms with van der Waals surface area (Å²) in [4.78, 5) is 11.8.